The molecule has 5 nitrogen and oxygen atoms in total. The lowest BCUT2D eigenvalue weighted by Gasteiger charge is -2.22. The lowest BCUT2D eigenvalue weighted by atomic mass is 9.97. The third-order valence-corrected chi connectivity index (χ3v) is 4.20. The van der Waals surface area contributed by atoms with E-state index in [9.17, 15) is 9.90 Å². The number of carboxylic acids is 1. The van der Waals surface area contributed by atoms with Gasteiger partial charge in [-0.05, 0) is 38.3 Å². The predicted molar refractivity (Wildman–Crippen MR) is 79.1 cm³/mol. The molecule has 0 aliphatic carbocycles. The van der Waals surface area contributed by atoms with Crippen molar-refractivity contribution < 1.29 is 9.90 Å². The van der Waals surface area contributed by atoms with Crippen LogP contribution in [-0.2, 0) is 17.8 Å². The molecule has 0 spiro atoms. The molecule has 1 aliphatic rings. The summed E-state index contributed by atoms with van der Waals surface area (Å²) in [5, 5.41) is 17.8. The Balaban J connectivity index is 2.10. The second kappa shape index (κ2) is 4.98. The number of rotatable bonds is 2. The molecule has 1 atom stereocenters. The quantitative estimate of drug-likeness (QED) is 0.920. The fourth-order valence-corrected chi connectivity index (χ4v) is 3.25. The molecule has 21 heavy (non-hydrogen) atoms. The maximum absolute atomic E-state index is 11.3. The summed E-state index contributed by atoms with van der Waals surface area (Å²) in [6.07, 6.45) is 1.31. The van der Waals surface area contributed by atoms with Gasteiger partial charge in [-0.15, -0.1) is 10.2 Å². The molecule has 1 aliphatic heterocycles. The van der Waals surface area contributed by atoms with Gasteiger partial charge < -0.3 is 9.67 Å². The van der Waals surface area contributed by atoms with E-state index in [2.05, 4.69) is 43.1 Å². The van der Waals surface area contributed by atoms with Gasteiger partial charge in [0, 0.05) is 18.5 Å². The van der Waals surface area contributed by atoms with Crippen molar-refractivity contribution in [2.75, 3.05) is 0 Å². The van der Waals surface area contributed by atoms with E-state index in [1.807, 2.05) is 4.57 Å². The van der Waals surface area contributed by atoms with Crippen molar-refractivity contribution in [1.82, 2.24) is 14.8 Å². The largest absolute Gasteiger partial charge is 0.481 e. The molecule has 1 unspecified atom stereocenters. The van der Waals surface area contributed by atoms with Crippen LogP contribution in [0.4, 0.5) is 0 Å². The van der Waals surface area contributed by atoms with Crippen LogP contribution >= 0.6 is 0 Å². The Morgan fingerprint density at radius 1 is 1.24 bits per heavy atom. The van der Waals surface area contributed by atoms with Crippen LogP contribution in [0.2, 0.25) is 0 Å². The van der Waals surface area contributed by atoms with Gasteiger partial charge in [-0.3, -0.25) is 4.79 Å². The Kier molecular flexibility index (Phi) is 3.27. The Labute approximate surface area is 123 Å². The van der Waals surface area contributed by atoms with E-state index in [1.54, 1.807) is 0 Å². The summed E-state index contributed by atoms with van der Waals surface area (Å²) in [4.78, 5) is 11.3. The third kappa shape index (κ3) is 2.33. The monoisotopic (exact) mass is 285 g/mol. The predicted octanol–water partition coefficient (Wildman–Crippen LogP) is 2.52. The van der Waals surface area contributed by atoms with E-state index in [0.717, 1.165) is 28.3 Å². The van der Waals surface area contributed by atoms with Crippen LogP contribution in [0.25, 0.3) is 11.4 Å². The number of hydrogen-bond donors (Lipinski definition) is 1. The molecule has 0 saturated heterocycles. The van der Waals surface area contributed by atoms with E-state index in [4.69, 9.17) is 0 Å². The SMILES string of the molecule is Cc1cc(C)c(-c2nnc3n2CC(C(=O)O)CC3)c(C)c1. The van der Waals surface area contributed by atoms with Crippen molar-refractivity contribution in [2.24, 2.45) is 5.92 Å². The molecular weight excluding hydrogens is 266 g/mol. The first-order valence-electron chi connectivity index (χ1n) is 7.20. The topological polar surface area (TPSA) is 68.0 Å². The number of aromatic nitrogens is 3. The van der Waals surface area contributed by atoms with Gasteiger partial charge in [0.25, 0.3) is 0 Å². The van der Waals surface area contributed by atoms with E-state index < -0.39 is 5.97 Å². The zero-order chi connectivity index (χ0) is 15.1. The maximum atomic E-state index is 11.3. The van der Waals surface area contributed by atoms with Crippen LogP contribution < -0.4 is 0 Å². The summed E-state index contributed by atoms with van der Waals surface area (Å²) >= 11 is 0. The summed E-state index contributed by atoms with van der Waals surface area (Å²) < 4.78 is 1.98. The Morgan fingerprint density at radius 2 is 1.90 bits per heavy atom. The first kappa shape index (κ1) is 13.8. The molecule has 0 bridgehead atoms. The molecule has 3 rings (SSSR count). The fourth-order valence-electron chi connectivity index (χ4n) is 3.25. The van der Waals surface area contributed by atoms with E-state index in [0.29, 0.717) is 19.4 Å². The standard InChI is InChI=1S/C16H19N3O2/c1-9-6-10(2)14(11(3)7-9)15-18-17-13-5-4-12(16(20)21)8-19(13)15/h6-7,12H,4-5,8H2,1-3H3,(H,20,21). The number of carbonyl (C=O) groups is 1. The lowest BCUT2D eigenvalue weighted by molar-refractivity contribution is -0.142. The zero-order valence-electron chi connectivity index (χ0n) is 12.6. The van der Waals surface area contributed by atoms with Crippen LogP contribution in [0, 0.1) is 26.7 Å². The molecule has 0 saturated carbocycles. The number of benzene rings is 1. The zero-order valence-corrected chi connectivity index (χ0v) is 12.6. The highest BCUT2D eigenvalue weighted by atomic mass is 16.4. The van der Waals surface area contributed by atoms with Gasteiger partial charge in [-0.2, -0.15) is 0 Å². The molecule has 0 radical (unpaired) electrons. The number of carboxylic acid groups (broad SMARTS) is 1. The van der Waals surface area contributed by atoms with Crippen molar-refractivity contribution in [2.45, 2.75) is 40.2 Å². The highest BCUT2D eigenvalue weighted by molar-refractivity contribution is 5.71. The van der Waals surface area contributed by atoms with Crippen LogP contribution in [0.5, 0.6) is 0 Å². The van der Waals surface area contributed by atoms with Gasteiger partial charge in [0.15, 0.2) is 5.82 Å². The second-order valence-corrected chi connectivity index (χ2v) is 5.90. The van der Waals surface area contributed by atoms with Crippen LogP contribution in [0.1, 0.15) is 28.9 Å². The van der Waals surface area contributed by atoms with Crippen molar-refractivity contribution in [3.63, 3.8) is 0 Å². The van der Waals surface area contributed by atoms with Crippen molar-refractivity contribution in [3.8, 4) is 11.4 Å². The van der Waals surface area contributed by atoms with Gasteiger partial charge in [0.2, 0.25) is 0 Å². The summed E-state index contributed by atoms with van der Waals surface area (Å²) in [7, 11) is 0. The normalized spacial score (nSPS) is 17.6. The Hall–Kier alpha value is -2.17. The lowest BCUT2D eigenvalue weighted by Crippen LogP contribution is -2.27. The first-order valence-corrected chi connectivity index (χ1v) is 7.20. The average Bonchev–Trinajstić information content (AvgIpc) is 2.80. The number of fused-ring (bicyclic) bond motifs is 1. The minimum absolute atomic E-state index is 0.349. The highest BCUT2D eigenvalue weighted by Crippen LogP contribution is 2.30. The second-order valence-electron chi connectivity index (χ2n) is 5.90. The van der Waals surface area contributed by atoms with E-state index in [1.165, 1.54) is 5.56 Å². The molecule has 0 amide bonds. The number of aliphatic carboxylic acids is 1. The van der Waals surface area contributed by atoms with Crippen molar-refractivity contribution in [3.05, 3.63) is 34.6 Å². The minimum atomic E-state index is -0.738. The average molecular weight is 285 g/mol. The summed E-state index contributed by atoms with van der Waals surface area (Å²) in [6.45, 7) is 6.66. The number of hydrogen-bond acceptors (Lipinski definition) is 3. The van der Waals surface area contributed by atoms with Gasteiger partial charge in [-0.25, -0.2) is 0 Å². The summed E-state index contributed by atoms with van der Waals surface area (Å²) in [5.74, 6) is 0.601. The van der Waals surface area contributed by atoms with E-state index >= 15 is 0 Å². The summed E-state index contributed by atoms with van der Waals surface area (Å²) in [5.41, 5.74) is 4.60. The van der Waals surface area contributed by atoms with Crippen molar-refractivity contribution >= 4 is 5.97 Å². The molecule has 110 valence electrons. The molecule has 1 aromatic heterocycles. The molecule has 0 fully saturated rings. The molecule has 5 heteroatoms. The Morgan fingerprint density at radius 3 is 2.52 bits per heavy atom. The number of aryl methyl sites for hydroxylation is 4. The van der Waals surface area contributed by atoms with E-state index in [-0.39, 0.29) is 5.92 Å². The molecule has 2 aromatic rings. The molecule has 1 N–H and O–H groups in total. The van der Waals surface area contributed by atoms with Crippen LogP contribution in [-0.4, -0.2) is 25.8 Å². The molecule has 2 heterocycles. The maximum Gasteiger partial charge on any atom is 0.308 e. The highest BCUT2D eigenvalue weighted by Gasteiger charge is 2.28. The summed E-state index contributed by atoms with van der Waals surface area (Å²) in [6, 6.07) is 4.25. The fraction of sp³-hybridized carbons (Fsp3) is 0.438. The van der Waals surface area contributed by atoms with Crippen LogP contribution in [0.15, 0.2) is 12.1 Å². The minimum Gasteiger partial charge on any atom is -0.481 e. The smallest absolute Gasteiger partial charge is 0.308 e. The Bertz CT molecular complexity index is 695. The van der Waals surface area contributed by atoms with Gasteiger partial charge >= 0.3 is 5.97 Å². The first-order chi connectivity index (χ1) is 9.97. The van der Waals surface area contributed by atoms with Gasteiger partial charge in [0.1, 0.15) is 5.82 Å². The van der Waals surface area contributed by atoms with Crippen LogP contribution in [0.3, 0.4) is 0 Å². The molecule has 1 aromatic carbocycles. The van der Waals surface area contributed by atoms with Gasteiger partial charge in [0.05, 0.1) is 5.92 Å². The van der Waals surface area contributed by atoms with Gasteiger partial charge in [-0.1, -0.05) is 17.7 Å². The van der Waals surface area contributed by atoms with Crippen molar-refractivity contribution in [1.29, 1.82) is 0 Å². The number of nitrogens with zero attached hydrogens (tertiary/aromatic N) is 3. The molecular formula is C16H19N3O2. The third-order valence-electron chi connectivity index (χ3n) is 4.20.